The number of nitriles is 1. The van der Waals surface area contributed by atoms with Gasteiger partial charge in [-0.15, -0.1) is 22.7 Å². The van der Waals surface area contributed by atoms with E-state index in [1.165, 1.54) is 128 Å². The Balaban J connectivity index is 1.17. The first-order valence-corrected chi connectivity index (χ1v) is 35.9. The molecule has 7 aromatic rings. The molecule has 2 aromatic heterocycles. The molecule has 1 N–H and O–H groups in total. The number of carboxylic acids is 1. The smallest absolute Gasteiger partial charge is 0.346 e. The lowest BCUT2D eigenvalue weighted by Gasteiger charge is -2.31. The zero-order chi connectivity index (χ0) is 62.6. The zero-order valence-corrected chi connectivity index (χ0v) is 56.2. The Morgan fingerprint density at radius 2 is 0.843 bits per heavy atom. The molecule has 0 amide bonds. The van der Waals surface area contributed by atoms with Crippen LogP contribution in [0.2, 0.25) is 0 Å². The van der Waals surface area contributed by atoms with Crippen LogP contribution < -0.4 is 23.8 Å². The van der Waals surface area contributed by atoms with Crippen molar-refractivity contribution in [2.24, 2.45) is 0 Å². The van der Waals surface area contributed by atoms with E-state index in [1.54, 1.807) is 17.4 Å². The van der Waals surface area contributed by atoms with Crippen LogP contribution in [0.3, 0.4) is 0 Å². The Kier molecular flexibility index (Phi) is 27.7. The van der Waals surface area contributed by atoms with E-state index in [1.807, 2.05) is 17.4 Å². The van der Waals surface area contributed by atoms with Crippen molar-refractivity contribution in [2.45, 2.75) is 214 Å². The molecule has 0 fully saturated rings. The topological polar surface area (TPSA) is 101 Å². The van der Waals surface area contributed by atoms with E-state index >= 15 is 0 Å². The number of fused-ring (bicyclic) bond motifs is 3. The summed E-state index contributed by atoms with van der Waals surface area (Å²) in [5.41, 5.74) is 10.8. The van der Waals surface area contributed by atoms with Gasteiger partial charge in [-0.05, 0) is 145 Å². The molecule has 1 aliphatic rings. The highest BCUT2D eigenvalue weighted by atomic mass is 32.1. The molecule has 1 aliphatic carbocycles. The van der Waals surface area contributed by atoms with Crippen molar-refractivity contribution >= 4 is 51.8 Å². The minimum atomic E-state index is -1.19. The average Bonchev–Trinajstić information content (AvgIpc) is 1.82. The number of carboxylic acid groups (broad SMARTS) is 1. The predicted molar refractivity (Wildman–Crippen MR) is 377 cm³/mol. The van der Waals surface area contributed by atoms with E-state index in [0.29, 0.717) is 26.4 Å². The van der Waals surface area contributed by atoms with Gasteiger partial charge in [-0.25, -0.2) is 4.79 Å². The molecule has 0 radical (unpaired) electrons. The van der Waals surface area contributed by atoms with Crippen LogP contribution in [-0.2, 0) is 10.2 Å². The van der Waals surface area contributed by atoms with E-state index in [-0.39, 0.29) is 11.0 Å². The molecular formula is C79H100N2O6S2. The van der Waals surface area contributed by atoms with Gasteiger partial charge in [-0.1, -0.05) is 206 Å². The molecule has 0 saturated heterocycles. The van der Waals surface area contributed by atoms with E-state index in [0.717, 1.165) is 137 Å². The lowest BCUT2D eigenvalue weighted by molar-refractivity contribution is -0.132. The van der Waals surface area contributed by atoms with Gasteiger partial charge < -0.3 is 29.0 Å². The molecule has 10 heteroatoms. The average molecular weight is 1240 g/mol. The Morgan fingerprint density at radius 1 is 0.461 bits per heavy atom. The zero-order valence-electron chi connectivity index (χ0n) is 54.5. The van der Waals surface area contributed by atoms with Crippen molar-refractivity contribution in [3.8, 4) is 71.5 Å². The minimum Gasteiger partial charge on any atom is -0.493 e. The summed E-state index contributed by atoms with van der Waals surface area (Å²) >= 11 is 3.48. The quantitative estimate of drug-likeness (QED) is 0.0229. The maximum absolute atomic E-state index is 12.1. The van der Waals surface area contributed by atoms with Crippen molar-refractivity contribution in [1.29, 1.82) is 5.26 Å². The molecular weight excluding hydrogens is 1140 g/mol. The summed E-state index contributed by atoms with van der Waals surface area (Å²) in [6, 6.07) is 46.2. The molecule has 8 rings (SSSR count). The first-order chi connectivity index (χ1) is 43.7. The maximum atomic E-state index is 12.1. The molecule has 8 nitrogen and oxygen atoms in total. The molecule has 0 unspecified atom stereocenters. The second kappa shape index (κ2) is 36.1. The number of aliphatic carboxylic acids is 1. The SMILES string of the molecule is CCCCCCOc1ccc(-c2ccc(N(c3ccc(-c4cc5c(s4)-c4sc(/C=C(\C#N)C(=O)O)cc4C5(CCCCCC)CCCCCC)cc3)c3ccc(-c4ccc(OCCCCCC)cc4OCCCCCC)cc3)cc2)c(OCCCCCC)c1. The number of ether oxygens (including phenoxy) is 4. The minimum absolute atomic E-state index is 0.176. The number of anilines is 3. The van der Waals surface area contributed by atoms with Crippen LogP contribution in [0.15, 0.2) is 127 Å². The number of benzene rings is 5. The summed E-state index contributed by atoms with van der Waals surface area (Å²) in [7, 11) is 0. The van der Waals surface area contributed by atoms with Crippen molar-refractivity contribution in [2.75, 3.05) is 31.3 Å². The summed E-state index contributed by atoms with van der Waals surface area (Å²) in [4.78, 5) is 19.0. The monoisotopic (exact) mass is 1240 g/mol. The van der Waals surface area contributed by atoms with Crippen molar-refractivity contribution in [1.82, 2.24) is 0 Å². The highest BCUT2D eigenvalue weighted by Gasteiger charge is 2.45. The number of hydrogen-bond donors (Lipinski definition) is 1. The van der Waals surface area contributed by atoms with Gasteiger partial charge in [0.25, 0.3) is 0 Å². The lowest BCUT2D eigenvalue weighted by Crippen LogP contribution is -2.25. The Hall–Kier alpha value is -6.80. The third kappa shape index (κ3) is 18.7. The molecule has 5 aromatic carbocycles. The summed E-state index contributed by atoms with van der Waals surface area (Å²) in [6.45, 7) is 16.2. The maximum Gasteiger partial charge on any atom is 0.346 e. The summed E-state index contributed by atoms with van der Waals surface area (Å²) < 4.78 is 25.8. The third-order valence-electron chi connectivity index (χ3n) is 17.5. The van der Waals surface area contributed by atoms with Crippen LogP contribution >= 0.6 is 22.7 Å². The highest BCUT2D eigenvalue weighted by Crippen LogP contribution is 2.61. The molecule has 2 heterocycles. The normalized spacial score (nSPS) is 12.4. The van der Waals surface area contributed by atoms with E-state index in [2.05, 4.69) is 168 Å². The van der Waals surface area contributed by atoms with Gasteiger partial charge in [0.15, 0.2) is 0 Å². The van der Waals surface area contributed by atoms with Gasteiger partial charge in [-0.3, -0.25) is 0 Å². The van der Waals surface area contributed by atoms with Crippen LogP contribution in [0.4, 0.5) is 17.1 Å². The summed E-state index contributed by atoms with van der Waals surface area (Å²) in [5.74, 6) is 2.20. The first kappa shape index (κ1) is 68.1. The van der Waals surface area contributed by atoms with E-state index in [4.69, 9.17) is 18.9 Å². The number of hydrogen-bond acceptors (Lipinski definition) is 9. The molecule has 0 spiro atoms. The fraction of sp³-hybridized carbons (Fsp3) is 0.468. The fourth-order valence-corrected chi connectivity index (χ4v) is 15.0. The molecule has 0 bridgehead atoms. The van der Waals surface area contributed by atoms with Crippen molar-refractivity contribution in [3.05, 3.63) is 143 Å². The van der Waals surface area contributed by atoms with Gasteiger partial charge in [-0.2, -0.15) is 5.26 Å². The van der Waals surface area contributed by atoms with E-state index in [9.17, 15) is 15.2 Å². The molecule has 474 valence electrons. The van der Waals surface area contributed by atoms with E-state index < -0.39 is 5.97 Å². The summed E-state index contributed by atoms with van der Waals surface area (Å²) in [6.07, 6.45) is 31.4. The first-order valence-electron chi connectivity index (χ1n) is 34.2. The lowest BCUT2D eigenvalue weighted by atomic mass is 9.71. The standard InChI is InChI=1S/C79H100N2O6S2/c1-7-13-19-25-47-79(48-26-20-14-8-2)71-56-68(53-62(58-80)78(82)83)88-76(71)77-72(79)57-75(89-77)61-35-41-65(42-36-61)81(63-37-31-59(32-38-63)69-45-43-66(84-49-27-21-15-9-3)54-73(69)86-51-29-23-17-11-5)64-39-33-60(34-40-64)70-46-44-67(85-50-28-22-16-10-4)55-74(70)87-52-30-24-18-12-6/h31-46,53-57H,7-30,47-52H2,1-6H3,(H,82,83)/b62-53+. The predicted octanol–water partition coefficient (Wildman–Crippen LogP) is 24.3. The number of carbonyl (C=O) groups is 1. The van der Waals surface area contributed by atoms with Crippen LogP contribution in [-0.4, -0.2) is 37.5 Å². The van der Waals surface area contributed by atoms with Gasteiger partial charge >= 0.3 is 5.97 Å². The second-order valence-electron chi connectivity index (χ2n) is 24.4. The number of unbranched alkanes of at least 4 members (excludes halogenated alkanes) is 18. The van der Waals surface area contributed by atoms with Crippen LogP contribution in [0.1, 0.15) is 224 Å². The van der Waals surface area contributed by atoms with Crippen molar-refractivity contribution < 1.29 is 28.8 Å². The fourth-order valence-electron chi connectivity index (χ4n) is 12.4. The van der Waals surface area contributed by atoms with Crippen LogP contribution in [0.25, 0.3) is 48.5 Å². The van der Waals surface area contributed by atoms with Crippen LogP contribution in [0, 0.1) is 11.3 Å². The Labute approximate surface area is 542 Å². The second-order valence-corrected chi connectivity index (χ2v) is 26.5. The highest BCUT2D eigenvalue weighted by molar-refractivity contribution is 7.24. The summed E-state index contributed by atoms with van der Waals surface area (Å²) in [5, 5.41) is 19.7. The number of rotatable bonds is 42. The van der Waals surface area contributed by atoms with Crippen LogP contribution in [0.5, 0.6) is 23.0 Å². The van der Waals surface area contributed by atoms with Gasteiger partial charge in [0, 0.05) is 65.2 Å². The Morgan fingerprint density at radius 3 is 1.25 bits per heavy atom. The van der Waals surface area contributed by atoms with Gasteiger partial charge in [0.2, 0.25) is 0 Å². The third-order valence-corrected chi connectivity index (χ3v) is 19.9. The van der Waals surface area contributed by atoms with Gasteiger partial charge in [0.05, 0.1) is 26.4 Å². The molecule has 0 saturated carbocycles. The largest absolute Gasteiger partial charge is 0.493 e. The number of thiophene rings is 2. The number of nitrogens with zero attached hydrogens (tertiary/aromatic N) is 2. The molecule has 89 heavy (non-hydrogen) atoms. The van der Waals surface area contributed by atoms with Crippen molar-refractivity contribution in [3.63, 3.8) is 0 Å². The molecule has 0 aliphatic heterocycles. The van der Waals surface area contributed by atoms with Gasteiger partial charge in [0.1, 0.15) is 34.6 Å². The molecule has 0 atom stereocenters. The Bertz CT molecular complexity index is 3200.